The number of aromatic nitrogens is 3. The summed E-state index contributed by atoms with van der Waals surface area (Å²) < 4.78 is 2.26. The molecule has 0 amide bonds. The minimum atomic E-state index is -0.191. The van der Waals surface area contributed by atoms with Crippen molar-refractivity contribution in [2.45, 2.75) is 32.6 Å². The van der Waals surface area contributed by atoms with E-state index < -0.39 is 0 Å². The van der Waals surface area contributed by atoms with Gasteiger partial charge in [0.15, 0.2) is 0 Å². The number of nitrogens with zero attached hydrogens (tertiary/aromatic N) is 3. The molecule has 11 aromatic rings. The van der Waals surface area contributed by atoms with E-state index in [-0.39, 0.29) is 32.2 Å². The molecule has 2 aromatic heterocycles. The zero-order valence-corrected chi connectivity index (χ0v) is 41.5. The Bertz CT molecular complexity index is 3560. The molecular weight excluding hydrogens is 1030 g/mol. The number of imidazole rings is 1. The van der Waals surface area contributed by atoms with Crippen molar-refractivity contribution in [1.29, 1.82) is 0 Å². The summed E-state index contributed by atoms with van der Waals surface area (Å²) in [7, 11) is 0. The van der Waals surface area contributed by atoms with Crippen molar-refractivity contribution >= 4 is 11.0 Å². The number of phenols is 1. The van der Waals surface area contributed by atoms with Crippen LogP contribution in [0.2, 0.25) is 0 Å². The fourth-order valence-electron chi connectivity index (χ4n) is 9.52. The molecule has 1 N–H and O–H groups in total. The van der Waals surface area contributed by atoms with Gasteiger partial charge in [-0.25, -0.2) is 4.98 Å². The van der Waals surface area contributed by atoms with E-state index in [1.807, 2.05) is 54.7 Å². The Kier molecular flexibility index (Phi) is 12.8. The summed E-state index contributed by atoms with van der Waals surface area (Å²) in [5.41, 5.74) is 18.5. The molecular formula is C65H50N3OPt-. The van der Waals surface area contributed by atoms with Gasteiger partial charge in [-0.3, -0.25) is 9.55 Å². The molecule has 11 rings (SSSR count). The van der Waals surface area contributed by atoms with Crippen molar-refractivity contribution in [2.24, 2.45) is 0 Å². The first-order valence-corrected chi connectivity index (χ1v) is 23.6. The Morgan fingerprint density at radius 1 is 0.471 bits per heavy atom. The summed E-state index contributed by atoms with van der Waals surface area (Å²) in [5, 5.41) is 12.5. The maximum Gasteiger partial charge on any atom is 0.148 e. The first-order valence-electron chi connectivity index (χ1n) is 23.6. The number of pyridine rings is 1. The maximum atomic E-state index is 12.5. The van der Waals surface area contributed by atoms with Crippen LogP contribution >= 0.6 is 0 Å². The Balaban J connectivity index is 0.00000567. The van der Waals surface area contributed by atoms with Crippen LogP contribution < -0.4 is 0 Å². The third kappa shape index (κ3) is 9.07. The number of phenolic OH excluding ortho intramolecular Hbond substituents is 1. The molecule has 0 unspecified atom stereocenters. The van der Waals surface area contributed by atoms with Crippen molar-refractivity contribution in [2.75, 3.05) is 0 Å². The molecule has 5 heteroatoms. The average molecular weight is 1080 g/mol. The third-order valence-corrected chi connectivity index (χ3v) is 13.0. The molecule has 0 atom stereocenters. The van der Waals surface area contributed by atoms with Crippen LogP contribution in [0.25, 0.3) is 95.0 Å². The molecule has 0 bridgehead atoms. The number of rotatable bonds is 10. The fourth-order valence-corrected chi connectivity index (χ4v) is 9.52. The van der Waals surface area contributed by atoms with Crippen molar-refractivity contribution in [3.8, 4) is 89.7 Å². The molecule has 0 saturated heterocycles. The van der Waals surface area contributed by atoms with Crippen molar-refractivity contribution in [3.63, 3.8) is 0 Å². The maximum absolute atomic E-state index is 12.5. The monoisotopic (exact) mass is 1080 g/mol. The van der Waals surface area contributed by atoms with E-state index in [1.54, 1.807) is 0 Å². The first kappa shape index (κ1) is 45.8. The van der Waals surface area contributed by atoms with Crippen molar-refractivity contribution in [1.82, 2.24) is 14.5 Å². The molecule has 0 spiro atoms. The van der Waals surface area contributed by atoms with E-state index in [2.05, 4.69) is 207 Å². The topological polar surface area (TPSA) is 50.9 Å². The van der Waals surface area contributed by atoms with E-state index in [4.69, 9.17) is 9.97 Å². The van der Waals surface area contributed by atoms with Gasteiger partial charge in [0.1, 0.15) is 11.6 Å². The predicted molar refractivity (Wildman–Crippen MR) is 285 cm³/mol. The summed E-state index contributed by atoms with van der Waals surface area (Å²) in [4.78, 5) is 10.6. The molecule has 342 valence electrons. The Hall–Kier alpha value is -7.91. The summed E-state index contributed by atoms with van der Waals surface area (Å²) >= 11 is 0. The number of para-hydroxylation sites is 3. The van der Waals surface area contributed by atoms with E-state index in [0.29, 0.717) is 11.4 Å². The van der Waals surface area contributed by atoms with Gasteiger partial charge in [-0.2, -0.15) is 0 Å². The van der Waals surface area contributed by atoms with Crippen LogP contribution in [0.3, 0.4) is 0 Å². The number of hydrogen-bond donors (Lipinski definition) is 1. The Labute approximate surface area is 424 Å². The molecule has 0 aliphatic rings. The third-order valence-electron chi connectivity index (χ3n) is 13.0. The summed E-state index contributed by atoms with van der Waals surface area (Å²) in [6.07, 6.45) is 2.77. The van der Waals surface area contributed by atoms with Gasteiger partial charge in [0.25, 0.3) is 0 Å². The quantitative estimate of drug-likeness (QED) is 0.139. The van der Waals surface area contributed by atoms with E-state index in [0.717, 1.165) is 95.6 Å². The molecule has 2 heterocycles. The zero-order chi connectivity index (χ0) is 46.9. The van der Waals surface area contributed by atoms with Gasteiger partial charge >= 0.3 is 0 Å². The molecule has 9 aromatic carbocycles. The number of aromatic hydroxyl groups is 1. The van der Waals surface area contributed by atoms with Gasteiger partial charge in [-0.05, 0) is 69.0 Å². The van der Waals surface area contributed by atoms with Crippen LogP contribution in [0.5, 0.6) is 5.75 Å². The second-order valence-electron chi connectivity index (χ2n) is 18.7. The zero-order valence-electron chi connectivity index (χ0n) is 39.3. The Morgan fingerprint density at radius 3 is 1.61 bits per heavy atom. The molecule has 0 aliphatic carbocycles. The average Bonchev–Trinajstić information content (AvgIpc) is 3.78. The molecule has 70 heavy (non-hydrogen) atoms. The van der Waals surface area contributed by atoms with Crippen LogP contribution in [-0.2, 0) is 32.9 Å². The van der Waals surface area contributed by atoms with Gasteiger partial charge in [0.05, 0.1) is 22.3 Å². The SMILES string of the molecule is CC(C)(C)c1cc(-c2cc(-c3cccc(Cc4ccccc4)c3)ccn2)[c-]c(-c2cccc3c2nc(-c2cccc(-c4ccccc4)c2O)n3-c2c(-c3ccccc3)cccc2-c2ccccc2)c1.[Pt]. The number of hydrogen-bond acceptors (Lipinski definition) is 3. The van der Waals surface area contributed by atoms with Crippen LogP contribution in [0.15, 0.2) is 231 Å². The standard InChI is InChI=1S/C65H50N3O.Pt/c1-65(2,3)53-41-51(40-52(42-53)59-43-50(36-37-66-59)49-29-16-22-45(39-49)38-44-20-8-4-9-21-44)54-30-19-35-60-61(54)67-64(58-34-18-33-57(63(58)69)48-27-14-7-15-28-48)68(60)62-55(46-23-10-5-11-24-46)31-17-32-56(62)47-25-12-6-13-26-47;/h4-37,39,41-43,69H,38H2,1-3H3;/q-1;. The van der Waals surface area contributed by atoms with Crippen molar-refractivity contribution < 1.29 is 26.2 Å². The summed E-state index contributed by atoms with van der Waals surface area (Å²) in [5.74, 6) is 0.796. The molecule has 0 saturated carbocycles. The van der Waals surface area contributed by atoms with Gasteiger partial charge in [0.2, 0.25) is 0 Å². The second-order valence-corrected chi connectivity index (χ2v) is 18.7. The van der Waals surface area contributed by atoms with E-state index in [9.17, 15) is 5.11 Å². The van der Waals surface area contributed by atoms with Gasteiger partial charge in [-0.1, -0.05) is 226 Å². The molecule has 0 radical (unpaired) electrons. The summed E-state index contributed by atoms with van der Waals surface area (Å²) in [6.45, 7) is 6.75. The van der Waals surface area contributed by atoms with Gasteiger partial charge in [-0.15, -0.1) is 29.3 Å². The van der Waals surface area contributed by atoms with E-state index in [1.165, 1.54) is 11.1 Å². The van der Waals surface area contributed by atoms with Gasteiger partial charge < -0.3 is 5.11 Å². The molecule has 4 nitrogen and oxygen atoms in total. The van der Waals surface area contributed by atoms with E-state index >= 15 is 0 Å². The van der Waals surface area contributed by atoms with Crippen LogP contribution in [0.4, 0.5) is 0 Å². The Morgan fingerprint density at radius 2 is 0.971 bits per heavy atom. The van der Waals surface area contributed by atoms with Crippen molar-refractivity contribution in [3.05, 3.63) is 253 Å². The van der Waals surface area contributed by atoms with Crippen LogP contribution in [-0.4, -0.2) is 19.6 Å². The van der Waals surface area contributed by atoms with Crippen LogP contribution in [0, 0.1) is 6.07 Å². The van der Waals surface area contributed by atoms with Crippen LogP contribution in [0.1, 0.15) is 37.5 Å². The fraction of sp³-hybridized carbons (Fsp3) is 0.0769. The minimum absolute atomic E-state index is 0. The second kappa shape index (κ2) is 19.6. The number of benzene rings is 9. The normalized spacial score (nSPS) is 11.4. The largest absolute Gasteiger partial charge is 0.507 e. The van der Waals surface area contributed by atoms with Gasteiger partial charge in [0, 0.05) is 49.6 Å². The molecule has 0 aliphatic heterocycles. The predicted octanol–water partition coefficient (Wildman–Crippen LogP) is 16.5. The first-order chi connectivity index (χ1) is 33.8. The molecule has 0 fully saturated rings. The summed E-state index contributed by atoms with van der Waals surface area (Å²) in [6, 6.07) is 82.0. The smallest absolute Gasteiger partial charge is 0.148 e. The number of fused-ring (bicyclic) bond motifs is 1. The minimum Gasteiger partial charge on any atom is -0.507 e.